The molecule has 1 rings (SSSR count). The largest absolute Gasteiger partial charge is 0.417 e. The van der Waals surface area contributed by atoms with Crippen LogP contribution in [0.15, 0.2) is 12.1 Å². The summed E-state index contributed by atoms with van der Waals surface area (Å²) in [5.74, 6) is -0.0856. The maximum Gasteiger partial charge on any atom is 0.388 e. The lowest BCUT2D eigenvalue weighted by Crippen LogP contribution is -2.09. The van der Waals surface area contributed by atoms with E-state index in [9.17, 15) is 8.78 Å². The van der Waals surface area contributed by atoms with Crippen molar-refractivity contribution in [3.05, 3.63) is 23.4 Å². The van der Waals surface area contributed by atoms with Crippen LogP contribution < -0.4 is 10.5 Å². The predicted molar refractivity (Wildman–Crippen MR) is 43.5 cm³/mol. The molecule has 0 fully saturated rings. The molecule has 5 heteroatoms. The van der Waals surface area contributed by atoms with Crippen LogP contribution >= 0.6 is 0 Å². The number of halogens is 2. The predicted octanol–water partition coefficient (Wildman–Crippen LogP) is 1.45. The Hall–Kier alpha value is -1.23. The van der Waals surface area contributed by atoms with Gasteiger partial charge in [-0.25, -0.2) is 4.98 Å². The van der Waals surface area contributed by atoms with Gasteiger partial charge in [0.1, 0.15) is 0 Å². The van der Waals surface area contributed by atoms with Gasteiger partial charge in [-0.15, -0.1) is 0 Å². The SMILES string of the molecule is Cc1ccc(CN)c(OC(F)F)n1. The maximum absolute atomic E-state index is 11.9. The molecule has 0 radical (unpaired) electrons. The minimum atomic E-state index is -2.86. The number of ether oxygens (including phenoxy) is 1. The number of alkyl halides is 2. The molecular weight excluding hydrogens is 178 g/mol. The van der Waals surface area contributed by atoms with Gasteiger partial charge in [-0.3, -0.25) is 0 Å². The lowest BCUT2D eigenvalue weighted by atomic mass is 10.2. The number of nitrogens with zero attached hydrogens (tertiary/aromatic N) is 1. The second-order valence-corrected chi connectivity index (χ2v) is 2.50. The van der Waals surface area contributed by atoms with Crippen molar-refractivity contribution in [3.63, 3.8) is 0 Å². The lowest BCUT2D eigenvalue weighted by molar-refractivity contribution is -0.0535. The molecule has 0 aromatic carbocycles. The van der Waals surface area contributed by atoms with Gasteiger partial charge in [-0.2, -0.15) is 8.78 Å². The average Bonchev–Trinajstić information content (AvgIpc) is 2.03. The highest BCUT2D eigenvalue weighted by atomic mass is 19.3. The van der Waals surface area contributed by atoms with Crippen LogP contribution in [0.4, 0.5) is 8.78 Å². The van der Waals surface area contributed by atoms with E-state index in [-0.39, 0.29) is 12.4 Å². The quantitative estimate of drug-likeness (QED) is 0.780. The molecule has 0 aliphatic rings. The van der Waals surface area contributed by atoms with Gasteiger partial charge in [0, 0.05) is 17.8 Å². The first-order valence-corrected chi connectivity index (χ1v) is 3.75. The third-order valence-electron chi connectivity index (χ3n) is 1.50. The van der Waals surface area contributed by atoms with Gasteiger partial charge in [0.05, 0.1) is 0 Å². The Morgan fingerprint density at radius 3 is 2.77 bits per heavy atom. The monoisotopic (exact) mass is 188 g/mol. The Balaban J connectivity index is 2.94. The molecule has 0 amide bonds. The number of hydrogen-bond acceptors (Lipinski definition) is 3. The van der Waals surface area contributed by atoms with Gasteiger partial charge >= 0.3 is 6.61 Å². The number of aromatic nitrogens is 1. The van der Waals surface area contributed by atoms with Gasteiger partial charge in [0.25, 0.3) is 0 Å². The second-order valence-electron chi connectivity index (χ2n) is 2.50. The van der Waals surface area contributed by atoms with Gasteiger partial charge in [-0.05, 0) is 13.0 Å². The van der Waals surface area contributed by atoms with Crippen LogP contribution in [-0.4, -0.2) is 11.6 Å². The highest BCUT2D eigenvalue weighted by molar-refractivity contribution is 5.27. The molecule has 1 aromatic heterocycles. The summed E-state index contributed by atoms with van der Waals surface area (Å²) in [5, 5.41) is 0. The van der Waals surface area contributed by atoms with Crippen molar-refractivity contribution >= 4 is 0 Å². The Labute approximate surface area is 74.5 Å². The van der Waals surface area contributed by atoms with Crippen LogP contribution in [0.3, 0.4) is 0 Å². The Morgan fingerprint density at radius 2 is 2.23 bits per heavy atom. The molecule has 72 valence electrons. The van der Waals surface area contributed by atoms with E-state index in [4.69, 9.17) is 5.73 Å². The summed E-state index contributed by atoms with van der Waals surface area (Å²) in [6.45, 7) is -1.03. The van der Waals surface area contributed by atoms with E-state index in [2.05, 4.69) is 9.72 Å². The average molecular weight is 188 g/mol. The molecule has 13 heavy (non-hydrogen) atoms. The number of rotatable bonds is 3. The van der Waals surface area contributed by atoms with E-state index in [1.54, 1.807) is 19.1 Å². The third-order valence-corrected chi connectivity index (χ3v) is 1.50. The van der Waals surface area contributed by atoms with E-state index in [1.807, 2.05) is 0 Å². The zero-order valence-electron chi connectivity index (χ0n) is 7.13. The van der Waals surface area contributed by atoms with Crippen molar-refractivity contribution in [2.24, 2.45) is 5.73 Å². The van der Waals surface area contributed by atoms with E-state index < -0.39 is 6.61 Å². The van der Waals surface area contributed by atoms with Crippen molar-refractivity contribution < 1.29 is 13.5 Å². The molecule has 0 aliphatic carbocycles. The Kier molecular flexibility index (Phi) is 3.13. The minimum absolute atomic E-state index is 0.0856. The van der Waals surface area contributed by atoms with Crippen LogP contribution in [-0.2, 0) is 6.54 Å². The summed E-state index contributed by atoms with van der Waals surface area (Å²) in [4.78, 5) is 3.80. The molecule has 0 unspecified atom stereocenters. The fourth-order valence-corrected chi connectivity index (χ4v) is 0.904. The zero-order chi connectivity index (χ0) is 9.84. The molecule has 3 nitrogen and oxygen atoms in total. The van der Waals surface area contributed by atoms with Crippen LogP contribution in [0, 0.1) is 6.92 Å². The van der Waals surface area contributed by atoms with Crippen LogP contribution in [0.2, 0.25) is 0 Å². The molecule has 2 N–H and O–H groups in total. The summed E-state index contributed by atoms with van der Waals surface area (Å²) in [6, 6.07) is 3.32. The lowest BCUT2D eigenvalue weighted by Gasteiger charge is -2.08. The molecule has 0 spiro atoms. The van der Waals surface area contributed by atoms with E-state index >= 15 is 0 Å². The first kappa shape index (κ1) is 9.85. The molecule has 0 saturated carbocycles. The molecule has 0 saturated heterocycles. The van der Waals surface area contributed by atoms with Crippen molar-refractivity contribution in [1.29, 1.82) is 0 Å². The van der Waals surface area contributed by atoms with E-state index in [0.29, 0.717) is 11.3 Å². The third kappa shape index (κ3) is 2.62. The van der Waals surface area contributed by atoms with Crippen molar-refractivity contribution in [3.8, 4) is 5.88 Å². The first-order chi connectivity index (χ1) is 6.13. The highest BCUT2D eigenvalue weighted by Crippen LogP contribution is 2.17. The van der Waals surface area contributed by atoms with Gasteiger partial charge in [0.2, 0.25) is 5.88 Å². The van der Waals surface area contributed by atoms with Crippen LogP contribution in [0.5, 0.6) is 5.88 Å². The molecule has 0 aliphatic heterocycles. The maximum atomic E-state index is 11.9. The van der Waals surface area contributed by atoms with Gasteiger partial charge in [0.15, 0.2) is 0 Å². The summed E-state index contributed by atoms with van der Waals surface area (Å²) < 4.78 is 27.9. The van der Waals surface area contributed by atoms with E-state index in [0.717, 1.165) is 0 Å². The Morgan fingerprint density at radius 1 is 1.54 bits per heavy atom. The summed E-state index contributed by atoms with van der Waals surface area (Å²) in [5.41, 5.74) is 6.41. The molecule has 1 heterocycles. The van der Waals surface area contributed by atoms with Crippen LogP contribution in [0.25, 0.3) is 0 Å². The second kappa shape index (κ2) is 4.13. The smallest absolute Gasteiger partial charge is 0.388 e. The number of pyridine rings is 1. The highest BCUT2D eigenvalue weighted by Gasteiger charge is 2.09. The van der Waals surface area contributed by atoms with Gasteiger partial charge in [-0.1, -0.05) is 6.07 Å². The molecular formula is C8H10F2N2O. The van der Waals surface area contributed by atoms with Crippen molar-refractivity contribution in [1.82, 2.24) is 4.98 Å². The van der Waals surface area contributed by atoms with Gasteiger partial charge < -0.3 is 10.5 Å². The zero-order valence-corrected chi connectivity index (χ0v) is 7.13. The van der Waals surface area contributed by atoms with Crippen molar-refractivity contribution in [2.45, 2.75) is 20.1 Å². The first-order valence-electron chi connectivity index (χ1n) is 3.75. The normalized spacial score (nSPS) is 10.5. The fourth-order valence-electron chi connectivity index (χ4n) is 0.904. The summed E-state index contributed by atoms with van der Waals surface area (Å²) >= 11 is 0. The van der Waals surface area contributed by atoms with Crippen LogP contribution in [0.1, 0.15) is 11.3 Å². The number of nitrogens with two attached hydrogens (primary N) is 1. The molecule has 1 aromatic rings. The summed E-state index contributed by atoms with van der Waals surface area (Å²) in [7, 11) is 0. The number of hydrogen-bond donors (Lipinski definition) is 1. The van der Waals surface area contributed by atoms with E-state index in [1.165, 1.54) is 0 Å². The Bertz CT molecular complexity index is 291. The number of aryl methyl sites for hydroxylation is 1. The minimum Gasteiger partial charge on any atom is -0.417 e. The van der Waals surface area contributed by atoms with Crippen molar-refractivity contribution in [2.75, 3.05) is 0 Å². The topological polar surface area (TPSA) is 48.1 Å². The molecule has 0 atom stereocenters. The standard InChI is InChI=1S/C8H10F2N2O/c1-5-2-3-6(4-11)7(12-5)13-8(9)10/h2-3,8H,4,11H2,1H3. The molecule has 0 bridgehead atoms. The summed E-state index contributed by atoms with van der Waals surface area (Å²) in [6.07, 6.45) is 0. The fraction of sp³-hybridized carbons (Fsp3) is 0.375.